The summed E-state index contributed by atoms with van der Waals surface area (Å²) >= 11 is 0. The van der Waals surface area contributed by atoms with Crippen LogP contribution in [0.2, 0.25) is 0 Å². The van der Waals surface area contributed by atoms with Gasteiger partial charge in [-0.2, -0.15) is 0 Å². The zero-order valence-electron chi connectivity index (χ0n) is 13.1. The van der Waals surface area contributed by atoms with Gasteiger partial charge in [-0.05, 0) is 39.1 Å². The van der Waals surface area contributed by atoms with Crippen molar-refractivity contribution in [2.75, 3.05) is 46.9 Å². The molecule has 2 fully saturated rings. The van der Waals surface area contributed by atoms with E-state index >= 15 is 0 Å². The first-order valence-corrected chi connectivity index (χ1v) is 7.80. The van der Waals surface area contributed by atoms with E-state index in [0.29, 0.717) is 12.7 Å². The van der Waals surface area contributed by atoms with Crippen LogP contribution in [0.5, 0.6) is 0 Å². The van der Waals surface area contributed by atoms with Crippen LogP contribution in [0.1, 0.15) is 18.6 Å². The highest BCUT2D eigenvalue weighted by atomic mass is 16.6. The fraction of sp³-hybridized carbons (Fsp3) is 0.750. The Hall–Kier alpha value is -0.880. The number of rotatable bonds is 4. The van der Waals surface area contributed by atoms with Gasteiger partial charge in [0, 0.05) is 19.6 Å². The Kier molecular flexibility index (Phi) is 4.64. The van der Waals surface area contributed by atoms with Gasteiger partial charge in [-0.1, -0.05) is 0 Å². The maximum Gasteiger partial charge on any atom is 0.117 e. The third-order valence-electron chi connectivity index (χ3n) is 4.30. The van der Waals surface area contributed by atoms with Gasteiger partial charge in [-0.15, -0.1) is 0 Å². The lowest BCUT2D eigenvalue weighted by atomic mass is 10.00. The summed E-state index contributed by atoms with van der Waals surface area (Å²) < 4.78 is 17.7. The number of nitrogens with zero attached hydrogens (tertiary/aromatic N) is 2. The Labute approximate surface area is 126 Å². The van der Waals surface area contributed by atoms with Crippen LogP contribution in [-0.4, -0.2) is 68.4 Å². The first-order valence-electron chi connectivity index (χ1n) is 7.80. The summed E-state index contributed by atoms with van der Waals surface area (Å²) in [5.74, 6) is 1.01. The molecule has 0 amide bonds. The molecule has 1 aromatic heterocycles. The van der Waals surface area contributed by atoms with E-state index in [1.807, 2.05) is 12.1 Å². The van der Waals surface area contributed by atoms with Crippen LogP contribution in [0.3, 0.4) is 0 Å². The highest BCUT2D eigenvalue weighted by Crippen LogP contribution is 2.33. The topological polar surface area (TPSA) is 38.1 Å². The molecule has 0 aliphatic carbocycles. The van der Waals surface area contributed by atoms with Crippen molar-refractivity contribution >= 4 is 0 Å². The molecule has 0 saturated carbocycles. The van der Waals surface area contributed by atoms with E-state index in [2.05, 4.69) is 23.9 Å². The zero-order valence-corrected chi connectivity index (χ0v) is 13.1. The molecule has 1 aromatic rings. The van der Waals surface area contributed by atoms with Gasteiger partial charge < -0.3 is 18.8 Å². The molecule has 0 aromatic carbocycles. The van der Waals surface area contributed by atoms with Crippen molar-refractivity contribution in [3.63, 3.8) is 0 Å². The Morgan fingerprint density at radius 1 is 1.43 bits per heavy atom. The molecule has 2 aliphatic heterocycles. The molecular weight excluding hydrogens is 268 g/mol. The number of ether oxygens (including phenoxy) is 2. The SMILES string of the molecule is CN(C)C[C@H]1CC[C@]2(COCCN(Cc3ccco3)C2)O1. The second-order valence-electron chi connectivity index (χ2n) is 6.57. The Morgan fingerprint density at radius 2 is 2.33 bits per heavy atom. The lowest BCUT2D eigenvalue weighted by molar-refractivity contribution is -0.0904. The largest absolute Gasteiger partial charge is 0.468 e. The molecule has 0 radical (unpaired) electrons. The van der Waals surface area contributed by atoms with Crippen molar-refractivity contribution in [3.8, 4) is 0 Å². The van der Waals surface area contributed by atoms with E-state index in [9.17, 15) is 0 Å². The molecule has 0 unspecified atom stereocenters. The fourth-order valence-corrected chi connectivity index (χ4v) is 3.40. The van der Waals surface area contributed by atoms with Gasteiger partial charge in [0.2, 0.25) is 0 Å². The molecule has 0 bridgehead atoms. The minimum Gasteiger partial charge on any atom is -0.468 e. The van der Waals surface area contributed by atoms with E-state index in [4.69, 9.17) is 13.9 Å². The predicted molar refractivity (Wildman–Crippen MR) is 80.2 cm³/mol. The van der Waals surface area contributed by atoms with Crippen LogP contribution in [0.15, 0.2) is 22.8 Å². The molecule has 118 valence electrons. The van der Waals surface area contributed by atoms with Crippen LogP contribution < -0.4 is 0 Å². The minimum atomic E-state index is -0.135. The number of hydrogen-bond acceptors (Lipinski definition) is 5. The van der Waals surface area contributed by atoms with Gasteiger partial charge in [0.1, 0.15) is 11.4 Å². The van der Waals surface area contributed by atoms with Gasteiger partial charge >= 0.3 is 0 Å². The Morgan fingerprint density at radius 3 is 3.10 bits per heavy atom. The maximum absolute atomic E-state index is 6.39. The number of furan rings is 1. The van der Waals surface area contributed by atoms with Crippen molar-refractivity contribution in [3.05, 3.63) is 24.2 Å². The normalized spacial score (nSPS) is 31.1. The molecule has 2 aliphatic rings. The van der Waals surface area contributed by atoms with Gasteiger partial charge in [-0.25, -0.2) is 0 Å². The highest BCUT2D eigenvalue weighted by Gasteiger charge is 2.43. The van der Waals surface area contributed by atoms with Crippen molar-refractivity contribution in [2.24, 2.45) is 0 Å². The maximum atomic E-state index is 6.39. The average Bonchev–Trinajstić information content (AvgIpc) is 3.00. The van der Waals surface area contributed by atoms with Crippen molar-refractivity contribution < 1.29 is 13.9 Å². The highest BCUT2D eigenvalue weighted by molar-refractivity contribution is 5.00. The van der Waals surface area contributed by atoms with E-state index < -0.39 is 0 Å². The quantitative estimate of drug-likeness (QED) is 0.843. The lowest BCUT2D eigenvalue weighted by Gasteiger charge is -2.32. The van der Waals surface area contributed by atoms with Gasteiger partial charge in [0.05, 0.1) is 32.1 Å². The third kappa shape index (κ3) is 3.86. The smallest absolute Gasteiger partial charge is 0.117 e. The molecule has 0 N–H and O–H groups in total. The standard InChI is InChI=1S/C16H26N2O3/c1-17(2)10-15-5-6-16(21-15)12-18(7-9-19-13-16)11-14-4-3-8-20-14/h3-4,8,15H,5-7,9-13H2,1-2H3/t15-,16+/m1/s1. The van der Waals surface area contributed by atoms with Crippen LogP contribution in [0.4, 0.5) is 0 Å². The molecule has 1 spiro atoms. The Balaban J connectivity index is 1.62. The summed E-state index contributed by atoms with van der Waals surface area (Å²) in [5, 5.41) is 0. The van der Waals surface area contributed by atoms with Crippen LogP contribution in [-0.2, 0) is 16.0 Å². The molecule has 3 rings (SSSR count). The monoisotopic (exact) mass is 294 g/mol. The lowest BCUT2D eigenvalue weighted by Crippen LogP contribution is -2.44. The zero-order chi connectivity index (χ0) is 14.7. The molecular formula is C16H26N2O3. The van der Waals surface area contributed by atoms with Gasteiger partial charge in [-0.3, -0.25) is 4.90 Å². The number of hydrogen-bond donors (Lipinski definition) is 0. The summed E-state index contributed by atoms with van der Waals surface area (Å²) in [6.45, 7) is 5.16. The van der Waals surface area contributed by atoms with Crippen LogP contribution in [0, 0.1) is 0 Å². The first kappa shape index (κ1) is 15.0. The second kappa shape index (κ2) is 6.48. The van der Waals surface area contributed by atoms with Crippen LogP contribution in [0.25, 0.3) is 0 Å². The summed E-state index contributed by atoms with van der Waals surface area (Å²) in [5.41, 5.74) is -0.135. The van der Waals surface area contributed by atoms with Gasteiger partial charge in [0.25, 0.3) is 0 Å². The molecule has 2 atom stereocenters. The fourth-order valence-electron chi connectivity index (χ4n) is 3.40. The summed E-state index contributed by atoms with van der Waals surface area (Å²) in [6, 6.07) is 3.97. The van der Waals surface area contributed by atoms with E-state index in [0.717, 1.165) is 51.4 Å². The molecule has 21 heavy (non-hydrogen) atoms. The average molecular weight is 294 g/mol. The van der Waals surface area contributed by atoms with Crippen molar-refractivity contribution in [2.45, 2.75) is 31.1 Å². The molecule has 5 heteroatoms. The predicted octanol–water partition coefficient (Wildman–Crippen LogP) is 1.59. The summed E-state index contributed by atoms with van der Waals surface area (Å²) in [7, 11) is 4.20. The van der Waals surface area contributed by atoms with E-state index in [1.54, 1.807) is 6.26 Å². The number of likely N-dealkylation sites (N-methyl/N-ethyl adjacent to an activating group) is 1. The Bertz CT molecular complexity index is 435. The minimum absolute atomic E-state index is 0.135. The van der Waals surface area contributed by atoms with E-state index in [1.165, 1.54) is 0 Å². The molecule has 5 nitrogen and oxygen atoms in total. The van der Waals surface area contributed by atoms with Crippen molar-refractivity contribution in [1.82, 2.24) is 9.80 Å². The first-order chi connectivity index (χ1) is 10.2. The molecule has 2 saturated heterocycles. The molecule has 3 heterocycles. The third-order valence-corrected chi connectivity index (χ3v) is 4.30. The van der Waals surface area contributed by atoms with Crippen molar-refractivity contribution in [1.29, 1.82) is 0 Å². The second-order valence-corrected chi connectivity index (χ2v) is 6.57. The van der Waals surface area contributed by atoms with Gasteiger partial charge in [0.15, 0.2) is 0 Å². The van der Waals surface area contributed by atoms with E-state index in [-0.39, 0.29) is 5.60 Å². The summed E-state index contributed by atoms with van der Waals surface area (Å²) in [6.07, 6.45) is 4.27. The summed E-state index contributed by atoms with van der Waals surface area (Å²) in [4.78, 5) is 4.59. The van der Waals surface area contributed by atoms with Crippen LogP contribution >= 0.6 is 0 Å².